The Bertz CT molecular complexity index is 745. The number of benzene rings is 1. The van der Waals surface area contributed by atoms with Crippen molar-refractivity contribution in [2.24, 2.45) is 5.92 Å². The second kappa shape index (κ2) is 8.32. The van der Waals surface area contributed by atoms with Crippen molar-refractivity contribution >= 4 is 34.7 Å². The molecule has 1 saturated carbocycles. The monoisotopic (exact) mass is 359 g/mol. The molecule has 1 amide bonds. The third-order valence-corrected chi connectivity index (χ3v) is 4.74. The summed E-state index contributed by atoms with van der Waals surface area (Å²) in [5.74, 6) is 0.724. The summed E-state index contributed by atoms with van der Waals surface area (Å²) in [5, 5.41) is 15.7. The van der Waals surface area contributed by atoms with Gasteiger partial charge < -0.3 is 15.7 Å². The highest BCUT2D eigenvalue weighted by Crippen LogP contribution is 2.27. The van der Waals surface area contributed by atoms with Gasteiger partial charge in [-0.1, -0.05) is 36.9 Å². The van der Waals surface area contributed by atoms with Crippen molar-refractivity contribution in [3.63, 3.8) is 0 Å². The Morgan fingerprint density at radius 2 is 1.96 bits per heavy atom. The van der Waals surface area contributed by atoms with Crippen molar-refractivity contribution in [1.82, 2.24) is 4.98 Å². The molecule has 132 valence electrons. The molecule has 1 aliphatic carbocycles. The van der Waals surface area contributed by atoms with Crippen LogP contribution in [0.2, 0.25) is 5.02 Å². The summed E-state index contributed by atoms with van der Waals surface area (Å²) < 4.78 is 0. The topological polar surface area (TPSA) is 74.2 Å². The minimum absolute atomic E-state index is 0.0975. The highest BCUT2D eigenvalue weighted by molar-refractivity contribution is 6.33. The van der Waals surface area contributed by atoms with Crippen LogP contribution in [0.1, 0.15) is 37.7 Å². The number of aliphatic hydroxyl groups is 1. The summed E-state index contributed by atoms with van der Waals surface area (Å²) in [5.41, 5.74) is 2.19. The fraction of sp³-hybridized carbons (Fsp3) is 0.368. The first-order chi connectivity index (χ1) is 12.2. The SMILES string of the molecule is O=C(Nc1cccc(Nc2ncc(CO)cc2Cl)c1)C1CCCCC1. The lowest BCUT2D eigenvalue weighted by molar-refractivity contribution is -0.120. The molecular formula is C19H22ClN3O2. The maximum Gasteiger partial charge on any atom is 0.227 e. The zero-order chi connectivity index (χ0) is 17.6. The van der Waals surface area contributed by atoms with Crippen molar-refractivity contribution in [3.8, 4) is 0 Å². The zero-order valence-corrected chi connectivity index (χ0v) is 14.7. The normalized spacial score (nSPS) is 15.0. The standard InChI is InChI=1S/C19H22ClN3O2/c20-17-9-13(12-24)11-21-18(17)22-15-7-4-8-16(10-15)23-19(25)14-5-2-1-3-6-14/h4,7-11,14,24H,1-3,5-6,12H2,(H,21,22)(H,23,25). The van der Waals surface area contributed by atoms with E-state index >= 15 is 0 Å². The molecular weight excluding hydrogens is 338 g/mol. The maximum atomic E-state index is 12.4. The highest BCUT2D eigenvalue weighted by atomic mass is 35.5. The molecule has 5 nitrogen and oxygen atoms in total. The Balaban J connectivity index is 1.68. The van der Waals surface area contributed by atoms with Crippen LogP contribution in [0.4, 0.5) is 17.2 Å². The molecule has 1 aromatic carbocycles. The summed E-state index contributed by atoms with van der Waals surface area (Å²) in [6.07, 6.45) is 7.01. The van der Waals surface area contributed by atoms with Crippen molar-refractivity contribution in [2.45, 2.75) is 38.7 Å². The molecule has 2 aromatic rings. The lowest BCUT2D eigenvalue weighted by Gasteiger charge is -2.21. The summed E-state index contributed by atoms with van der Waals surface area (Å²) in [6, 6.07) is 9.16. The van der Waals surface area contributed by atoms with Crippen LogP contribution in [0, 0.1) is 5.92 Å². The van der Waals surface area contributed by atoms with Crippen molar-refractivity contribution in [1.29, 1.82) is 0 Å². The second-order valence-electron chi connectivity index (χ2n) is 6.36. The third-order valence-electron chi connectivity index (χ3n) is 4.45. The number of pyridine rings is 1. The average Bonchev–Trinajstić information content (AvgIpc) is 2.64. The van der Waals surface area contributed by atoms with E-state index in [1.54, 1.807) is 12.3 Å². The van der Waals surface area contributed by atoms with E-state index in [9.17, 15) is 4.79 Å². The molecule has 1 heterocycles. The minimum Gasteiger partial charge on any atom is -0.392 e. The first-order valence-electron chi connectivity index (χ1n) is 8.59. The van der Waals surface area contributed by atoms with E-state index in [4.69, 9.17) is 16.7 Å². The molecule has 1 aliphatic rings. The van der Waals surface area contributed by atoms with Crippen molar-refractivity contribution in [2.75, 3.05) is 10.6 Å². The highest BCUT2D eigenvalue weighted by Gasteiger charge is 2.21. The number of anilines is 3. The van der Waals surface area contributed by atoms with E-state index in [2.05, 4.69) is 15.6 Å². The molecule has 0 atom stereocenters. The predicted octanol–water partition coefficient (Wildman–Crippen LogP) is 4.49. The van der Waals surface area contributed by atoms with Gasteiger partial charge in [0.1, 0.15) is 5.82 Å². The molecule has 1 aromatic heterocycles. The number of rotatable bonds is 5. The molecule has 6 heteroatoms. The van der Waals surface area contributed by atoms with Gasteiger partial charge in [-0.05, 0) is 42.7 Å². The molecule has 0 unspecified atom stereocenters. The van der Waals surface area contributed by atoms with Crippen LogP contribution in [-0.4, -0.2) is 16.0 Å². The zero-order valence-electron chi connectivity index (χ0n) is 14.0. The van der Waals surface area contributed by atoms with Gasteiger partial charge in [-0.25, -0.2) is 4.98 Å². The molecule has 3 rings (SSSR count). The number of aromatic nitrogens is 1. The van der Waals surface area contributed by atoms with Crippen molar-refractivity contribution in [3.05, 3.63) is 47.1 Å². The first kappa shape index (κ1) is 17.7. The molecule has 0 radical (unpaired) electrons. The first-order valence-corrected chi connectivity index (χ1v) is 8.97. The Hall–Kier alpha value is -2.11. The number of carbonyl (C=O) groups excluding carboxylic acids is 1. The van der Waals surface area contributed by atoms with E-state index in [1.807, 2.05) is 24.3 Å². The summed E-state index contributed by atoms with van der Waals surface area (Å²) in [7, 11) is 0. The van der Waals surface area contributed by atoms with Gasteiger partial charge in [0.2, 0.25) is 5.91 Å². The molecule has 0 saturated heterocycles. The lowest BCUT2D eigenvalue weighted by atomic mass is 9.88. The number of halogens is 1. The largest absolute Gasteiger partial charge is 0.392 e. The predicted molar refractivity (Wildman–Crippen MR) is 100 cm³/mol. The minimum atomic E-state index is -0.102. The molecule has 3 N–H and O–H groups in total. The molecule has 0 aliphatic heterocycles. The fourth-order valence-corrected chi connectivity index (χ4v) is 3.31. The molecule has 0 bridgehead atoms. The number of hydrogen-bond donors (Lipinski definition) is 3. The van der Waals surface area contributed by atoms with E-state index < -0.39 is 0 Å². The van der Waals surface area contributed by atoms with Crippen LogP contribution in [0.5, 0.6) is 0 Å². The van der Waals surface area contributed by atoms with Gasteiger partial charge in [0, 0.05) is 23.5 Å². The summed E-state index contributed by atoms with van der Waals surface area (Å²) in [4.78, 5) is 16.6. The summed E-state index contributed by atoms with van der Waals surface area (Å²) in [6.45, 7) is -0.102. The number of nitrogens with zero attached hydrogens (tertiary/aromatic N) is 1. The lowest BCUT2D eigenvalue weighted by Crippen LogP contribution is -2.24. The maximum absolute atomic E-state index is 12.4. The molecule has 25 heavy (non-hydrogen) atoms. The van der Waals surface area contributed by atoms with Crippen LogP contribution in [-0.2, 0) is 11.4 Å². The van der Waals surface area contributed by atoms with Gasteiger partial charge in [0.25, 0.3) is 0 Å². The van der Waals surface area contributed by atoms with Crippen LogP contribution in [0.15, 0.2) is 36.5 Å². The third kappa shape index (κ3) is 4.71. The Morgan fingerprint density at radius 1 is 1.20 bits per heavy atom. The summed E-state index contributed by atoms with van der Waals surface area (Å²) >= 11 is 6.18. The quantitative estimate of drug-likeness (QED) is 0.735. The number of aliphatic hydroxyl groups excluding tert-OH is 1. The van der Waals surface area contributed by atoms with Gasteiger partial charge in [-0.2, -0.15) is 0 Å². The van der Waals surface area contributed by atoms with Gasteiger partial charge >= 0.3 is 0 Å². The van der Waals surface area contributed by atoms with Crippen molar-refractivity contribution < 1.29 is 9.90 Å². The Morgan fingerprint density at radius 3 is 2.68 bits per heavy atom. The number of amides is 1. The second-order valence-corrected chi connectivity index (χ2v) is 6.77. The van der Waals surface area contributed by atoms with Gasteiger partial charge in [0.15, 0.2) is 0 Å². The number of nitrogens with one attached hydrogen (secondary N) is 2. The van der Waals surface area contributed by atoms with Crippen LogP contribution in [0.25, 0.3) is 0 Å². The Kier molecular flexibility index (Phi) is 5.89. The molecule has 0 spiro atoms. The van der Waals surface area contributed by atoms with Crippen LogP contribution < -0.4 is 10.6 Å². The van der Waals surface area contributed by atoms with Gasteiger partial charge in [0.05, 0.1) is 11.6 Å². The molecule has 1 fully saturated rings. The van der Waals surface area contributed by atoms with E-state index in [0.717, 1.165) is 37.1 Å². The number of hydrogen-bond acceptors (Lipinski definition) is 4. The van der Waals surface area contributed by atoms with Gasteiger partial charge in [-0.3, -0.25) is 4.79 Å². The van der Waals surface area contributed by atoms with E-state index in [0.29, 0.717) is 16.4 Å². The Labute approximate surface area is 152 Å². The van der Waals surface area contributed by atoms with Crippen LogP contribution in [0.3, 0.4) is 0 Å². The van der Waals surface area contributed by atoms with Crippen LogP contribution >= 0.6 is 11.6 Å². The van der Waals surface area contributed by atoms with Gasteiger partial charge in [-0.15, -0.1) is 0 Å². The van der Waals surface area contributed by atoms with E-state index in [-0.39, 0.29) is 18.4 Å². The average molecular weight is 360 g/mol. The number of carbonyl (C=O) groups is 1. The smallest absolute Gasteiger partial charge is 0.227 e. The van der Waals surface area contributed by atoms with E-state index in [1.165, 1.54) is 6.42 Å². The fourth-order valence-electron chi connectivity index (χ4n) is 3.08.